The Kier molecular flexibility index (Phi) is 3.85. The summed E-state index contributed by atoms with van der Waals surface area (Å²) in [6.07, 6.45) is 0. The van der Waals surface area contributed by atoms with Gasteiger partial charge in [-0.1, -0.05) is 15.9 Å². The highest BCUT2D eigenvalue weighted by Gasteiger charge is 2.09. The van der Waals surface area contributed by atoms with E-state index in [9.17, 15) is 9.59 Å². The van der Waals surface area contributed by atoms with Crippen molar-refractivity contribution in [1.82, 2.24) is 5.32 Å². The molecular weight excluding hydrogens is 260 g/mol. The number of aryl methyl sites for hydroxylation is 1. The molecule has 80 valence electrons. The first kappa shape index (κ1) is 11.7. The Morgan fingerprint density at radius 1 is 1.47 bits per heavy atom. The van der Waals surface area contributed by atoms with Gasteiger partial charge in [0.15, 0.2) is 0 Å². The standard InChI is InChI=1S/C10H11BrN2O2/c1-6-4-7(11)2-3-8(6)10(15)13-5-9(12)14/h2-4H,5H2,1H3,(H2,12,14)(H,13,15). The third-order valence-corrected chi connectivity index (χ3v) is 2.35. The molecule has 1 aromatic carbocycles. The molecule has 5 heteroatoms. The monoisotopic (exact) mass is 270 g/mol. The average molecular weight is 271 g/mol. The normalized spacial score (nSPS) is 9.73. The summed E-state index contributed by atoms with van der Waals surface area (Å²) in [6.45, 7) is 1.68. The van der Waals surface area contributed by atoms with Crippen LogP contribution in [0.5, 0.6) is 0 Å². The molecule has 0 fully saturated rings. The highest BCUT2D eigenvalue weighted by Crippen LogP contribution is 2.15. The van der Waals surface area contributed by atoms with E-state index in [0.717, 1.165) is 10.0 Å². The van der Waals surface area contributed by atoms with Gasteiger partial charge in [-0.15, -0.1) is 0 Å². The fourth-order valence-electron chi connectivity index (χ4n) is 1.14. The minimum absolute atomic E-state index is 0.145. The molecule has 1 aromatic rings. The van der Waals surface area contributed by atoms with Gasteiger partial charge in [-0.05, 0) is 30.7 Å². The van der Waals surface area contributed by atoms with E-state index >= 15 is 0 Å². The molecule has 0 radical (unpaired) electrons. The largest absolute Gasteiger partial charge is 0.368 e. The maximum atomic E-state index is 11.5. The van der Waals surface area contributed by atoms with Gasteiger partial charge < -0.3 is 11.1 Å². The quantitative estimate of drug-likeness (QED) is 0.859. The molecule has 0 aliphatic rings. The van der Waals surface area contributed by atoms with Crippen LogP contribution >= 0.6 is 15.9 Å². The lowest BCUT2D eigenvalue weighted by Gasteiger charge is -2.06. The zero-order valence-electron chi connectivity index (χ0n) is 8.21. The summed E-state index contributed by atoms with van der Waals surface area (Å²) in [5.41, 5.74) is 6.30. The molecule has 0 aliphatic carbocycles. The van der Waals surface area contributed by atoms with Crippen LogP contribution in [0.3, 0.4) is 0 Å². The average Bonchev–Trinajstić information content (AvgIpc) is 2.14. The molecule has 0 spiro atoms. The fourth-order valence-corrected chi connectivity index (χ4v) is 1.62. The SMILES string of the molecule is Cc1cc(Br)ccc1C(=O)NCC(N)=O. The first-order valence-electron chi connectivity index (χ1n) is 4.33. The Hall–Kier alpha value is -1.36. The van der Waals surface area contributed by atoms with Crippen molar-refractivity contribution in [2.45, 2.75) is 6.92 Å². The van der Waals surface area contributed by atoms with Gasteiger partial charge in [0.2, 0.25) is 5.91 Å². The second kappa shape index (κ2) is 4.93. The molecule has 0 atom stereocenters. The summed E-state index contributed by atoms with van der Waals surface area (Å²) in [7, 11) is 0. The Morgan fingerprint density at radius 3 is 2.67 bits per heavy atom. The number of hydrogen-bond donors (Lipinski definition) is 2. The minimum Gasteiger partial charge on any atom is -0.368 e. The van der Waals surface area contributed by atoms with Crippen LogP contribution < -0.4 is 11.1 Å². The van der Waals surface area contributed by atoms with Gasteiger partial charge in [-0.25, -0.2) is 0 Å². The van der Waals surface area contributed by atoms with Gasteiger partial charge in [-0.2, -0.15) is 0 Å². The maximum Gasteiger partial charge on any atom is 0.251 e. The number of nitrogens with one attached hydrogen (secondary N) is 1. The van der Waals surface area contributed by atoms with Crippen molar-refractivity contribution in [2.75, 3.05) is 6.54 Å². The highest BCUT2D eigenvalue weighted by atomic mass is 79.9. The number of carbonyl (C=O) groups is 2. The number of amides is 2. The van der Waals surface area contributed by atoms with E-state index in [1.54, 1.807) is 12.1 Å². The van der Waals surface area contributed by atoms with Gasteiger partial charge in [0.1, 0.15) is 0 Å². The summed E-state index contributed by atoms with van der Waals surface area (Å²) in [5, 5.41) is 2.43. The molecule has 0 heterocycles. The third-order valence-electron chi connectivity index (χ3n) is 1.86. The van der Waals surface area contributed by atoms with Crippen LogP contribution in [0.25, 0.3) is 0 Å². The number of primary amides is 1. The molecule has 4 nitrogen and oxygen atoms in total. The van der Waals surface area contributed by atoms with Crippen LogP contribution in [0.2, 0.25) is 0 Å². The predicted octanol–water partition coefficient (Wildman–Crippen LogP) is 0.973. The van der Waals surface area contributed by atoms with Crippen molar-refractivity contribution in [3.8, 4) is 0 Å². The topological polar surface area (TPSA) is 72.2 Å². The molecule has 0 saturated heterocycles. The number of benzene rings is 1. The van der Waals surface area contributed by atoms with Crippen LogP contribution in [0, 0.1) is 6.92 Å². The molecule has 1 rings (SSSR count). The molecule has 0 saturated carbocycles. The van der Waals surface area contributed by atoms with E-state index in [-0.39, 0.29) is 12.5 Å². The van der Waals surface area contributed by atoms with Crippen molar-refractivity contribution < 1.29 is 9.59 Å². The van der Waals surface area contributed by atoms with Gasteiger partial charge >= 0.3 is 0 Å². The Bertz CT molecular complexity index is 404. The highest BCUT2D eigenvalue weighted by molar-refractivity contribution is 9.10. The summed E-state index contributed by atoms with van der Waals surface area (Å²) in [4.78, 5) is 22.0. The maximum absolute atomic E-state index is 11.5. The number of halogens is 1. The van der Waals surface area contributed by atoms with Crippen LogP contribution in [-0.2, 0) is 4.79 Å². The Labute approximate surface area is 96.0 Å². The smallest absolute Gasteiger partial charge is 0.251 e. The number of hydrogen-bond acceptors (Lipinski definition) is 2. The van der Waals surface area contributed by atoms with Gasteiger partial charge in [0.25, 0.3) is 5.91 Å². The molecular formula is C10H11BrN2O2. The number of carbonyl (C=O) groups excluding carboxylic acids is 2. The lowest BCUT2D eigenvalue weighted by atomic mass is 10.1. The van der Waals surface area contributed by atoms with E-state index < -0.39 is 5.91 Å². The van der Waals surface area contributed by atoms with Gasteiger partial charge in [0, 0.05) is 10.0 Å². The van der Waals surface area contributed by atoms with Crippen molar-refractivity contribution >= 4 is 27.7 Å². The fraction of sp³-hybridized carbons (Fsp3) is 0.200. The van der Waals surface area contributed by atoms with E-state index in [0.29, 0.717) is 5.56 Å². The van der Waals surface area contributed by atoms with Crippen LogP contribution in [0.15, 0.2) is 22.7 Å². The van der Waals surface area contributed by atoms with Crippen molar-refractivity contribution in [3.05, 3.63) is 33.8 Å². The van der Waals surface area contributed by atoms with E-state index in [1.807, 2.05) is 13.0 Å². The number of nitrogens with two attached hydrogens (primary N) is 1. The second-order valence-corrected chi connectivity index (χ2v) is 4.02. The summed E-state index contributed by atoms with van der Waals surface area (Å²) in [5.74, 6) is -0.850. The summed E-state index contributed by atoms with van der Waals surface area (Å²) < 4.78 is 0.909. The van der Waals surface area contributed by atoms with Crippen LogP contribution in [0.1, 0.15) is 15.9 Å². The lowest BCUT2D eigenvalue weighted by Crippen LogP contribution is -2.33. The molecule has 0 bridgehead atoms. The van der Waals surface area contributed by atoms with Crippen molar-refractivity contribution in [1.29, 1.82) is 0 Å². The molecule has 15 heavy (non-hydrogen) atoms. The first-order chi connectivity index (χ1) is 7.00. The molecule has 2 amide bonds. The Morgan fingerprint density at radius 2 is 2.13 bits per heavy atom. The van der Waals surface area contributed by atoms with Crippen molar-refractivity contribution in [3.63, 3.8) is 0 Å². The molecule has 3 N–H and O–H groups in total. The Balaban J connectivity index is 2.78. The summed E-state index contributed by atoms with van der Waals surface area (Å²) >= 11 is 3.30. The van der Waals surface area contributed by atoms with Gasteiger partial charge in [-0.3, -0.25) is 9.59 Å². The summed E-state index contributed by atoms with van der Waals surface area (Å²) in [6, 6.07) is 5.29. The second-order valence-electron chi connectivity index (χ2n) is 3.11. The van der Waals surface area contributed by atoms with E-state index in [2.05, 4.69) is 21.2 Å². The zero-order chi connectivity index (χ0) is 11.4. The third kappa shape index (κ3) is 3.36. The van der Waals surface area contributed by atoms with E-state index in [4.69, 9.17) is 5.73 Å². The molecule has 0 aliphatic heterocycles. The van der Waals surface area contributed by atoms with Crippen molar-refractivity contribution in [2.24, 2.45) is 5.73 Å². The van der Waals surface area contributed by atoms with Crippen LogP contribution in [0.4, 0.5) is 0 Å². The lowest BCUT2D eigenvalue weighted by molar-refractivity contribution is -0.117. The minimum atomic E-state index is -0.557. The molecule has 0 unspecified atom stereocenters. The molecule has 0 aromatic heterocycles. The zero-order valence-corrected chi connectivity index (χ0v) is 9.80. The van der Waals surface area contributed by atoms with E-state index in [1.165, 1.54) is 0 Å². The van der Waals surface area contributed by atoms with Crippen LogP contribution in [-0.4, -0.2) is 18.4 Å². The predicted molar refractivity (Wildman–Crippen MR) is 60.4 cm³/mol. The first-order valence-corrected chi connectivity index (χ1v) is 5.12. The number of rotatable bonds is 3. The van der Waals surface area contributed by atoms with Gasteiger partial charge in [0.05, 0.1) is 6.54 Å².